The molecule has 4 heteroatoms. The highest BCUT2D eigenvalue weighted by Crippen LogP contribution is 2.48. The Labute approximate surface area is 113 Å². The van der Waals surface area contributed by atoms with E-state index in [0.29, 0.717) is 31.3 Å². The van der Waals surface area contributed by atoms with Gasteiger partial charge in [0.15, 0.2) is 0 Å². The van der Waals surface area contributed by atoms with Crippen molar-refractivity contribution in [2.24, 2.45) is 17.8 Å². The van der Waals surface area contributed by atoms with E-state index < -0.39 is 5.97 Å². The van der Waals surface area contributed by atoms with Crippen LogP contribution >= 0.6 is 0 Å². The molecule has 3 fully saturated rings. The van der Waals surface area contributed by atoms with E-state index in [9.17, 15) is 9.59 Å². The van der Waals surface area contributed by atoms with E-state index in [1.54, 1.807) is 4.90 Å². The van der Waals surface area contributed by atoms with Crippen LogP contribution < -0.4 is 0 Å². The molecule has 0 unspecified atom stereocenters. The van der Waals surface area contributed by atoms with Gasteiger partial charge < -0.3 is 10.0 Å². The number of allylic oxidation sites excluding steroid dienone is 1. The van der Waals surface area contributed by atoms with Crippen LogP contribution in [-0.4, -0.2) is 35.0 Å². The van der Waals surface area contributed by atoms with Crippen LogP contribution in [-0.2, 0) is 9.59 Å². The Morgan fingerprint density at radius 3 is 2.16 bits per heavy atom. The molecule has 2 aliphatic carbocycles. The van der Waals surface area contributed by atoms with Gasteiger partial charge in [0.25, 0.3) is 0 Å². The lowest BCUT2D eigenvalue weighted by atomic mass is 9.97. The molecule has 0 radical (unpaired) electrons. The lowest BCUT2D eigenvalue weighted by Crippen LogP contribution is -2.41. The molecule has 19 heavy (non-hydrogen) atoms. The largest absolute Gasteiger partial charge is 0.481 e. The second-order valence-corrected chi connectivity index (χ2v) is 6.15. The Morgan fingerprint density at radius 1 is 1.00 bits per heavy atom. The lowest BCUT2D eigenvalue weighted by Gasteiger charge is -2.30. The summed E-state index contributed by atoms with van der Waals surface area (Å²) in [4.78, 5) is 25.1. The Balaban J connectivity index is 1.65. The summed E-state index contributed by atoms with van der Waals surface area (Å²) in [5.41, 5.74) is 1.35. The van der Waals surface area contributed by atoms with Gasteiger partial charge in [-0.25, -0.2) is 0 Å². The van der Waals surface area contributed by atoms with Gasteiger partial charge in [0.2, 0.25) is 5.91 Å². The van der Waals surface area contributed by atoms with Crippen molar-refractivity contribution in [3.05, 3.63) is 11.6 Å². The summed E-state index contributed by atoms with van der Waals surface area (Å²) in [5, 5.41) is 9.06. The van der Waals surface area contributed by atoms with E-state index in [1.165, 1.54) is 31.3 Å². The molecule has 1 atom stereocenters. The maximum atomic E-state index is 12.3. The van der Waals surface area contributed by atoms with Crippen LogP contribution in [0.4, 0.5) is 0 Å². The maximum Gasteiger partial charge on any atom is 0.308 e. The molecule has 0 bridgehead atoms. The molecule has 3 rings (SSSR count). The number of carboxylic acid groups (broad SMARTS) is 1. The summed E-state index contributed by atoms with van der Waals surface area (Å²) in [7, 11) is 0. The zero-order valence-electron chi connectivity index (χ0n) is 11.2. The van der Waals surface area contributed by atoms with E-state index in [4.69, 9.17) is 5.11 Å². The van der Waals surface area contributed by atoms with Crippen molar-refractivity contribution in [3.63, 3.8) is 0 Å². The number of hydrogen-bond acceptors (Lipinski definition) is 2. The number of likely N-dealkylation sites (tertiary alicyclic amines) is 1. The number of carbonyl (C=O) groups is 2. The summed E-state index contributed by atoms with van der Waals surface area (Å²) < 4.78 is 0. The predicted molar refractivity (Wildman–Crippen MR) is 70.5 cm³/mol. The molecule has 3 aliphatic rings. The van der Waals surface area contributed by atoms with Gasteiger partial charge in [0.05, 0.1) is 5.92 Å². The Hall–Kier alpha value is -1.32. The van der Waals surface area contributed by atoms with Crippen LogP contribution in [0.15, 0.2) is 11.6 Å². The van der Waals surface area contributed by atoms with Gasteiger partial charge in [-0.05, 0) is 50.4 Å². The van der Waals surface area contributed by atoms with Crippen LogP contribution in [0.2, 0.25) is 0 Å². The van der Waals surface area contributed by atoms with E-state index in [0.717, 1.165) is 6.42 Å². The molecule has 4 nitrogen and oxygen atoms in total. The zero-order valence-corrected chi connectivity index (χ0v) is 11.2. The fourth-order valence-electron chi connectivity index (χ4n) is 3.02. The minimum absolute atomic E-state index is 0.0414. The third-order valence-corrected chi connectivity index (χ3v) is 4.47. The van der Waals surface area contributed by atoms with Crippen LogP contribution in [0.1, 0.15) is 38.5 Å². The Kier molecular flexibility index (Phi) is 3.33. The molecule has 0 aromatic heterocycles. The molecule has 1 N–H and O–H groups in total. The van der Waals surface area contributed by atoms with Crippen molar-refractivity contribution >= 4 is 11.9 Å². The van der Waals surface area contributed by atoms with E-state index in [1.807, 2.05) is 6.08 Å². The maximum absolute atomic E-state index is 12.3. The number of nitrogens with zero attached hydrogens (tertiary/aromatic N) is 1. The highest BCUT2D eigenvalue weighted by Gasteiger charge is 2.37. The fraction of sp³-hybridized carbons (Fsp3) is 0.733. The highest BCUT2D eigenvalue weighted by atomic mass is 16.4. The van der Waals surface area contributed by atoms with Crippen molar-refractivity contribution in [1.29, 1.82) is 0 Å². The van der Waals surface area contributed by atoms with Crippen LogP contribution in [0.25, 0.3) is 0 Å². The van der Waals surface area contributed by atoms with Crippen molar-refractivity contribution in [2.45, 2.75) is 38.5 Å². The minimum atomic E-state index is -0.772. The van der Waals surface area contributed by atoms with Crippen molar-refractivity contribution in [3.8, 4) is 0 Å². The lowest BCUT2D eigenvalue weighted by molar-refractivity contribution is -0.144. The first kappa shape index (κ1) is 12.7. The first-order chi connectivity index (χ1) is 9.15. The second kappa shape index (κ2) is 4.99. The topological polar surface area (TPSA) is 57.6 Å². The molecular weight excluding hydrogens is 242 g/mol. The third kappa shape index (κ3) is 2.99. The number of amides is 1. The predicted octanol–water partition coefficient (Wildman–Crippen LogP) is 2.06. The van der Waals surface area contributed by atoms with Crippen LogP contribution in [0, 0.1) is 17.8 Å². The van der Waals surface area contributed by atoms with Gasteiger partial charge in [-0.1, -0.05) is 5.57 Å². The summed E-state index contributed by atoms with van der Waals surface area (Å²) in [5.74, 6) is 0.190. The number of carboxylic acids is 1. The minimum Gasteiger partial charge on any atom is -0.481 e. The number of aliphatic carboxylic acids is 1. The average molecular weight is 263 g/mol. The molecule has 1 saturated heterocycles. The highest BCUT2D eigenvalue weighted by molar-refractivity contribution is 5.89. The van der Waals surface area contributed by atoms with Gasteiger partial charge in [-0.3, -0.25) is 9.59 Å². The first-order valence-corrected chi connectivity index (χ1v) is 7.38. The van der Waals surface area contributed by atoms with Crippen LogP contribution in [0.3, 0.4) is 0 Å². The van der Waals surface area contributed by atoms with E-state index >= 15 is 0 Å². The SMILES string of the molecule is O=C(O)[C@H]1CCCN(C(=O)C=C(C2CC2)C2CC2)C1. The Morgan fingerprint density at radius 2 is 1.63 bits per heavy atom. The molecule has 1 aliphatic heterocycles. The second-order valence-electron chi connectivity index (χ2n) is 6.15. The summed E-state index contributed by atoms with van der Waals surface area (Å²) in [6, 6.07) is 0. The molecule has 1 amide bonds. The monoisotopic (exact) mass is 263 g/mol. The first-order valence-electron chi connectivity index (χ1n) is 7.38. The van der Waals surface area contributed by atoms with Crippen LogP contribution in [0.5, 0.6) is 0 Å². The molecule has 0 aromatic carbocycles. The van der Waals surface area contributed by atoms with Crippen molar-refractivity contribution in [1.82, 2.24) is 4.90 Å². The summed E-state index contributed by atoms with van der Waals surface area (Å²) >= 11 is 0. The van der Waals surface area contributed by atoms with Crippen molar-refractivity contribution < 1.29 is 14.7 Å². The number of piperidine rings is 1. The molecule has 0 aromatic rings. The fourth-order valence-corrected chi connectivity index (χ4v) is 3.02. The van der Waals surface area contributed by atoms with Gasteiger partial charge in [-0.2, -0.15) is 0 Å². The normalized spacial score (nSPS) is 26.9. The standard InChI is InChI=1S/C15H21NO3/c17-14(8-13(10-3-4-10)11-5-6-11)16-7-1-2-12(9-16)15(18)19/h8,10-12H,1-7,9H2,(H,18,19)/t12-/m0/s1. The summed E-state index contributed by atoms with van der Waals surface area (Å²) in [6.07, 6.45) is 8.25. The van der Waals surface area contributed by atoms with Gasteiger partial charge in [0.1, 0.15) is 0 Å². The number of rotatable bonds is 4. The quantitative estimate of drug-likeness (QED) is 0.790. The van der Waals surface area contributed by atoms with E-state index in [2.05, 4.69) is 0 Å². The molecule has 2 saturated carbocycles. The van der Waals surface area contributed by atoms with Gasteiger partial charge in [-0.15, -0.1) is 0 Å². The van der Waals surface area contributed by atoms with E-state index in [-0.39, 0.29) is 11.8 Å². The molecule has 1 heterocycles. The summed E-state index contributed by atoms with van der Waals surface area (Å²) in [6.45, 7) is 1.09. The third-order valence-electron chi connectivity index (χ3n) is 4.47. The number of hydrogen-bond donors (Lipinski definition) is 1. The molecule has 0 spiro atoms. The Bertz CT molecular complexity index is 407. The van der Waals surface area contributed by atoms with Gasteiger partial charge >= 0.3 is 5.97 Å². The smallest absolute Gasteiger partial charge is 0.308 e. The molecule has 104 valence electrons. The van der Waals surface area contributed by atoms with Gasteiger partial charge in [0, 0.05) is 19.2 Å². The molecular formula is C15H21NO3. The average Bonchev–Trinajstić information content (AvgIpc) is 3.29. The number of carbonyl (C=O) groups excluding carboxylic acids is 1. The van der Waals surface area contributed by atoms with Crippen molar-refractivity contribution in [2.75, 3.05) is 13.1 Å². The zero-order chi connectivity index (χ0) is 13.4.